The summed E-state index contributed by atoms with van der Waals surface area (Å²) in [5, 5.41) is 0.152. The molecule has 1 saturated heterocycles. The first-order valence-electron chi connectivity index (χ1n) is 12.6. The minimum Gasteiger partial charge on any atom is -0.448 e. The summed E-state index contributed by atoms with van der Waals surface area (Å²) >= 11 is 5.10. The molecule has 1 aliphatic heterocycles. The van der Waals surface area contributed by atoms with Crippen molar-refractivity contribution < 1.29 is 4.74 Å². The highest BCUT2D eigenvalue weighted by atomic mass is 32.1. The van der Waals surface area contributed by atoms with E-state index in [1.54, 1.807) is 0 Å². The molecule has 1 fully saturated rings. The Morgan fingerprint density at radius 2 is 1.41 bits per heavy atom. The molecule has 1 aliphatic rings. The van der Waals surface area contributed by atoms with Crippen molar-refractivity contribution in [3.8, 4) is 0 Å². The second-order valence-electron chi connectivity index (χ2n) is 9.54. The second-order valence-corrected chi connectivity index (χ2v) is 9.95. The third-order valence-electron chi connectivity index (χ3n) is 6.31. The molecule has 1 atom stereocenters. The number of thiocarbonyl (C=S) groups is 1. The van der Waals surface area contributed by atoms with Crippen LogP contribution >= 0.6 is 12.2 Å². The summed E-state index contributed by atoms with van der Waals surface area (Å²) in [5.41, 5.74) is 12.9. The zero-order valence-electron chi connectivity index (χ0n) is 21.6. The maximum Gasteiger partial charge on any atom is 0.255 e. The van der Waals surface area contributed by atoms with E-state index in [0.717, 1.165) is 51.6 Å². The fourth-order valence-corrected chi connectivity index (χ4v) is 4.44. The van der Waals surface area contributed by atoms with E-state index in [0.29, 0.717) is 0 Å². The Kier molecular flexibility index (Phi) is 14.6. The number of rotatable bonds is 13. The smallest absolute Gasteiger partial charge is 0.255 e. The van der Waals surface area contributed by atoms with Gasteiger partial charge in [0.1, 0.15) is 0 Å². The molecule has 32 heavy (non-hydrogen) atoms. The molecule has 3 nitrogen and oxygen atoms in total. The van der Waals surface area contributed by atoms with E-state index in [9.17, 15) is 0 Å². The van der Waals surface area contributed by atoms with Crippen LogP contribution in [0.25, 0.3) is 0 Å². The number of ether oxygens (including phenoxy) is 1. The highest BCUT2D eigenvalue weighted by molar-refractivity contribution is 7.80. The average Bonchev–Trinajstić information content (AvgIpc) is 2.73. The van der Waals surface area contributed by atoms with Gasteiger partial charge in [-0.1, -0.05) is 53.9 Å². The Labute approximate surface area is 203 Å². The molecule has 0 radical (unpaired) electrons. The van der Waals surface area contributed by atoms with Gasteiger partial charge in [-0.3, -0.25) is 4.90 Å². The topological polar surface area (TPSA) is 38.5 Å². The Morgan fingerprint density at radius 1 is 0.875 bits per heavy atom. The third-order valence-corrected chi connectivity index (χ3v) is 6.41. The van der Waals surface area contributed by atoms with Gasteiger partial charge in [0.15, 0.2) is 6.23 Å². The molecule has 4 heteroatoms. The van der Waals surface area contributed by atoms with Crippen molar-refractivity contribution in [2.24, 2.45) is 5.73 Å². The highest BCUT2D eigenvalue weighted by Crippen LogP contribution is 2.25. The Hall–Kier alpha value is -1.39. The van der Waals surface area contributed by atoms with Crippen LogP contribution in [0.3, 0.4) is 0 Å². The number of hydrogen-bond donors (Lipinski definition) is 1. The van der Waals surface area contributed by atoms with E-state index in [-0.39, 0.29) is 11.4 Å². The van der Waals surface area contributed by atoms with E-state index >= 15 is 0 Å². The monoisotopic (exact) mass is 460 g/mol. The van der Waals surface area contributed by atoms with E-state index < -0.39 is 0 Å². The first-order chi connectivity index (χ1) is 15.2. The SMILES string of the molecule is CC/C(=C(/C)CC/C=C(\C)CC/C=C(\C)CCC=C(C)C)C(OC(N)=S)N1CCCCC1. The van der Waals surface area contributed by atoms with Crippen LogP contribution in [0.5, 0.6) is 0 Å². The number of likely N-dealkylation sites (tertiary alicyclic amines) is 1. The van der Waals surface area contributed by atoms with Crippen molar-refractivity contribution in [3.05, 3.63) is 46.1 Å². The summed E-state index contributed by atoms with van der Waals surface area (Å²) in [6.07, 6.45) is 18.5. The van der Waals surface area contributed by atoms with Gasteiger partial charge < -0.3 is 10.5 Å². The van der Waals surface area contributed by atoms with Crippen LogP contribution in [0, 0.1) is 0 Å². The first kappa shape index (κ1) is 28.6. The minimum absolute atomic E-state index is 0.0951. The molecule has 0 aliphatic carbocycles. The predicted molar refractivity (Wildman–Crippen MR) is 145 cm³/mol. The van der Waals surface area contributed by atoms with Crippen LogP contribution < -0.4 is 5.73 Å². The summed E-state index contributed by atoms with van der Waals surface area (Å²) in [6, 6.07) is 0. The molecule has 0 aromatic heterocycles. The molecule has 0 amide bonds. The maximum absolute atomic E-state index is 5.96. The van der Waals surface area contributed by atoms with Crippen LogP contribution in [0.15, 0.2) is 46.1 Å². The first-order valence-corrected chi connectivity index (χ1v) is 13.0. The van der Waals surface area contributed by atoms with Gasteiger partial charge in [-0.25, -0.2) is 0 Å². The molecule has 2 N–H and O–H groups in total. The molecule has 1 rings (SSSR count). The third kappa shape index (κ3) is 12.0. The molecule has 182 valence electrons. The van der Waals surface area contributed by atoms with E-state index in [2.05, 4.69) is 64.7 Å². The van der Waals surface area contributed by atoms with Gasteiger partial charge in [-0.2, -0.15) is 0 Å². The van der Waals surface area contributed by atoms with Gasteiger partial charge in [-0.15, -0.1) is 0 Å². The molecular weight excluding hydrogens is 412 g/mol. The van der Waals surface area contributed by atoms with Gasteiger partial charge in [0.2, 0.25) is 0 Å². The van der Waals surface area contributed by atoms with Crippen molar-refractivity contribution >= 4 is 17.4 Å². The van der Waals surface area contributed by atoms with Crippen molar-refractivity contribution in [1.29, 1.82) is 0 Å². The van der Waals surface area contributed by atoms with Gasteiger partial charge in [0, 0.05) is 13.1 Å². The summed E-state index contributed by atoms with van der Waals surface area (Å²) in [4.78, 5) is 2.42. The lowest BCUT2D eigenvalue weighted by molar-refractivity contribution is 0.0285. The fourth-order valence-electron chi connectivity index (χ4n) is 4.35. The Balaban J connectivity index is 2.62. The maximum atomic E-state index is 5.96. The molecule has 1 heterocycles. The number of hydrogen-bond acceptors (Lipinski definition) is 3. The molecule has 0 bridgehead atoms. The molecule has 0 aromatic rings. The number of nitrogens with two attached hydrogens (primary N) is 1. The Morgan fingerprint density at radius 3 is 1.91 bits per heavy atom. The van der Waals surface area contributed by atoms with Crippen LogP contribution in [-0.2, 0) is 4.74 Å². The lowest BCUT2D eigenvalue weighted by Gasteiger charge is -2.36. The second kappa shape index (κ2) is 16.3. The normalized spacial score (nSPS) is 17.6. The van der Waals surface area contributed by atoms with E-state index in [1.807, 2.05) is 0 Å². The zero-order chi connectivity index (χ0) is 23.9. The van der Waals surface area contributed by atoms with Crippen molar-refractivity contribution in [2.75, 3.05) is 13.1 Å². The van der Waals surface area contributed by atoms with Crippen molar-refractivity contribution in [3.63, 3.8) is 0 Å². The summed E-state index contributed by atoms with van der Waals surface area (Å²) in [6.45, 7) is 15.4. The summed E-state index contributed by atoms with van der Waals surface area (Å²) in [5.74, 6) is 0. The molecular formula is C28H48N2OS. The quantitative estimate of drug-likeness (QED) is 0.223. The van der Waals surface area contributed by atoms with Gasteiger partial charge in [-0.05, 0) is 110 Å². The average molecular weight is 461 g/mol. The van der Waals surface area contributed by atoms with Crippen molar-refractivity contribution in [2.45, 2.75) is 112 Å². The zero-order valence-corrected chi connectivity index (χ0v) is 22.5. The van der Waals surface area contributed by atoms with Gasteiger partial charge in [0.25, 0.3) is 5.17 Å². The highest BCUT2D eigenvalue weighted by Gasteiger charge is 2.26. The number of allylic oxidation sites excluding steroid dienone is 7. The lowest BCUT2D eigenvalue weighted by Crippen LogP contribution is -2.44. The van der Waals surface area contributed by atoms with Gasteiger partial charge >= 0.3 is 0 Å². The predicted octanol–water partition coefficient (Wildman–Crippen LogP) is 7.98. The molecule has 0 saturated carbocycles. The van der Waals surface area contributed by atoms with Crippen molar-refractivity contribution in [1.82, 2.24) is 4.90 Å². The van der Waals surface area contributed by atoms with E-state index in [1.165, 1.54) is 53.5 Å². The van der Waals surface area contributed by atoms with E-state index in [4.69, 9.17) is 22.7 Å². The van der Waals surface area contributed by atoms with Crippen LogP contribution in [0.1, 0.15) is 106 Å². The molecule has 0 aromatic carbocycles. The fraction of sp³-hybridized carbons (Fsp3) is 0.679. The number of nitrogens with zero attached hydrogens (tertiary/aromatic N) is 1. The minimum atomic E-state index is -0.0951. The summed E-state index contributed by atoms with van der Waals surface area (Å²) < 4.78 is 5.96. The van der Waals surface area contributed by atoms with Crippen LogP contribution in [0.4, 0.5) is 0 Å². The lowest BCUT2D eigenvalue weighted by atomic mass is 9.98. The van der Waals surface area contributed by atoms with Crippen LogP contribution in [-0.4, -0.2) is 29.4 Å². The molecule has 1 unspecified atom stereocenters. The largest absolute Gasteiger partial charge is 0.448 e. The molecule has 0 spiro atoms. The number of piperidine rings is 1. The van der Waals surface area contributed by atoms with Crippen LogP contribution in [0.2, 0.25) is 0 Å². The van der Waals surface area contributed by atoms with Gasteiger partial charge in [0.05, 0.1) is 0 Å². The summed E-state index contributed by atoms with van der Waals surface area (Å²) in [7, 11) is 0. The standard InChI is InChI=1S/C28H48N2OS/c1-7-26(27(31-28(29)32)30-20-9-8-10-21-30)25(6)19-13-18-24(5)17-12-16-23(4)15-11-14-22(2)3/h14,16,18,27H,7-13,15,17,19-21H2,1-6H3,(H2,29,32)/b23-16+,24-18+,26-25+. The Bertz CT molecular complexity index is 692.